The van der Waals surface area contributed by atoms with Gasteiger partial charge in [-0.3, -0.25) is 4.79 Å². The average Bonchev–Trinajstić information content (AvgIpc) is 2.78. The molecule has 0 amide bonds. The number of methoxy groups -OCH3 is 3. The second kappa shape index (κ2) is 7.71. The zero-order valence-corrected chi connectivity index (χ0v) is 18.8. The van der Waals surface area contributed by atoms with E-state index in [2.05, 4.69) is 0 Å². The monoisotopic (exact) mass is 439 g/mol. The van der Waals surface area contributed by atoms with Gasteiger partial charge in [0.15, 0.2) is 34.5 Å². The van der Waals surface area contributed by atoms with Crippen molar-refractivity contribution in [1.29, 1.82) is 0 Å². The molecule has 168 valence electrons. The summed E-state index contributed by atoms with van der Waals surface area (Å²) in [6, 6.07) is 6.49. The standard InChI is InChI=1S/C24H25NO7/c1-11(2)32-19-9-14-13(8-18(19)31-6)21-20(23(27)22(14)26)12-7-16(29-4)17(30-5)10-15(12)24(28)25(21)3/h7-11,26-27H,1-6H3. The number of hydrogen-bond acceptors (Lipinski definition) is 7. The summed E-state index contributed by atoms with van der Waals surface area (Å²) in [4.78, 5) is 13.3. The Bertz CT molecular complexity index is 1440. The number of fused-ring (bicyclic) bond motifs is 5. The Kier molecular flexibility index (Phi) is 5.16. The van der Waals surface area contributed by atoms with Crippen molar-refractivity contribution in [2.45, 2.75) is 20.0 Å². The minimum atomic E-state index is -0.346. The maximum absolute atomic E-state index is 13.3. The van der Waals surface area contributed by atoms with E-state index in [-0.39, 0.29) is 23.2 Å². The highest BCUT2D eigenvalue weighted by molar-refractivity contribution is 6.21. The van der Waals surface area contributed by atoms with Gasteiger partial charge >= 0.3 is 0 Å². The molecule has 1 aromatic heterocycles. The van der Waals surface area contributed by atoms with Gasteiger partial charge in [0.2, 0.25) is 0 Å². The van der Waals surface area contributed by atoms with E-state index in [4.69, 9.17) is 18.9 Å². The fraction of sp³-hybridized carbons (Fsp3) is 0.292. The van der Waals surface area contributed by atoms with Gasteiger partial charge in [0, 0.05) is 23.2 Å². The zero-order valence-electron chi connectivity index (χ0n) is 18.8. The molecule has 3 aromatic carbocycles. The Morgan fingerprint density at radius 3 is 1.81 bits per heavy atom. The van der Waals surface area contributed by atoms with Crippen LogP contribution in [0.3, 0.4) is 0 Å². The van der Waals surface area contributed by atoms with Crippen molar-refractivity contribution < 1.29 is 29.2 Å². The molecule has 0 aliphatic carbocycles. The van der Waals surface area contributed by atoms with Crippen molar-refractivity contribution in [2.24, 2.45) is 7.05 Å². The molecule has 0 aliphatic heterocycles. The van der Waals surface area contributed by atoms with Gasteiger partial charge in [0.25, 0.3) is 5.56 Å². The summed E-state index contributed by atoms with van der Waals surface area (Å²) in [6.07, 6.45) is -0.131. The Morgan fingerprint density at radius 1 is 0.750 bits per heavy atom. The topological polar surface area (TPSA) is 99.4 Å². The average molecular weight is 439 g/mol. The number of aromatic hydroxyl groups is 2. The fourth-order valence-electron chi connectivity index (χ4n) is 4.10. The number of nitrogens with zero attached hydrogens (tertiary/aromatic N) is 1. The molecule has 1 heterocycles. The molecule has 4 rings (SSSR count). The maximum Gasteiger partial charge on any atom is 0.258 e. The summed E-state index contributed by atoms with van der Waals surface area (Å²) in [5.74, 6) is 0.975. The number of benzene rings is 3. The third-order valence-electron chi connectivity index (χ3n) is 5.54. The number of phenolic OH excluding ortho intramolecular Hbond substituents is 2. The number of rotatable bonds is 5. The molecule has 0 saturated carbocycles. The second-order valence-corrected chi connectivity index (χ2v) is 7.75. The van der Waals surface area contributed by atoms with Crippen molar-refractivity contribution in [2.75, 3.05) is 21.3 Å². The highest BCUT2D eigenvalue weighted by Crippen LogP contribution is 2.48. The first-order valence-corrected chi connectivity index (χ1v) is 10.0. The van der Waals surface area contributed by atoms with Gasteiger partial charge < -0.3 is 33.7 Å². The maximum atomic E-state index is 13.3. The summed E-state index contributed by atoms with van der Waals surface area (Å²) < 4.78 is 23.5. The third kappa shape index (κ3) is 3.02. The summed E-state index contributed by atoms with van der Waals surface area (Å²) in [6.45, 7) is 3.75. The molecule has 8 heteroatoms. The lowest BCUT2D eigenvalue weighted by molar-refractivity contribution is 0.230. The molecule has 2 N–H and O–H groups in total. The first kappa shape index (κ1) is 21.4. The third-order valence-corrected chi connectivity index (χ3v) is 5.54. The van der Waals surface area contributed by atoms with E-state index < -0.39 is 0 Å². The van der Waals surface area contributed by atoms with E-state index in [0.717, 1.165) is 0 Å². The minimum absolute atomic E-state index is 0.131. The minimum Gasteiger partial charge on any atom is -0.504 e. The summed E-state index contributed by atoms with van der Waals surface area (Å²) in [7, 11) is 6.10. The molecular formula is C24H25NO7. The highest BCUT2D eigenvalue weighted by Gasteiger charge is 2.23. The highest BCUT2D eigenvalue weighted by atomic mass is 16.5. The number of phenols is 2. The van der Waals surface area contributed by atoms with E-state index >= 15 is 0 Å². The quantitative estimate of drug-likeness (QED) is 0.357. The van der Waals surface area contributed by atoms with Gasteiger partial charge in [-0.1, -0.05) is 0 Å². The molecule has 8 nitrogen and oxygen atoms in total. The number of ether oxygens (including phenoxy) is 4. The molecule has 0 saturated heterocycles. The van der Waals surface area contributed by atoms with Gasteiger partial charge in [0.1, 0.15) is 0 Å². The van der Waals surface area contributed by atoms with Crippen LogP contribution in [0.5, 0.6) is 34.5 Å². The van der Waals surface area contributed by atoms with Crippen molar-refractivity contribution in [3.63, 3.8) is 0 Å². The largest absolute Gasteiger partial charge is 0.504 e. The number of aryl methyl sites for hydroxylation is 1. The van der Waals surface area contributed by atoms with Crippen molar-refractivity contribution in [1.82, 2.24) is 4.57 Å². The number of pyridine rings is 1. The lowest BCUT2D eigenvalue weighted by Gasteiger charge is -2.19. The second-order valence-electron chi connectivity index (χ2n) is 7.75. The normalized spacial score (nSPS) is 11.5. The molecule has 0 bridgehead atoms. The fourth-order valence-corrected chi connectivity index (χ4v) is 4.10. The van der Waals surface area contributed by atoms with Gasteiger partial charge in [-0.05, 0) is 38.1 Å². The summed E-state index contributed by atoms with van der Waals surface area (Å²) in [5, 5.41) is 23.9. The van der Waals surface area contributed by atoms with E-state index in [1.54, 1.807) is 31.3 Å². The smallest absolute Gasteiger partial charge is 0.258 e. The summed E-state index contributed by atoms with van der Waals surface area (Å²) in [5.41, 5.74) is 0.149. The SMILES string of the molecule is COc1cc2c(=O)n(C)c3c4cc(OC)c(OC(C)C)cc4c(O)c(O)c3c2cc1OC. The van der Waals surface area contributed by atoms with Gasteiger partial charge in [-0.15, -0.1) is 0 Å². The van der Waals surface area contributed by atoms with Crippen molar-refractivity contribution >= 4 is 32.4 Å². The van der Waals surface area contributed by atoms with Crippen LogP contribution < -0.4 is 24.5 Å². The number of aromatic nitrogens is 1. The van der Waals surface area contributed by atoms with Gasteiger partial charge in [-0.25, -0.2) is 0 Å². The Labute approximate surface area is 184 Å². The predicted octanol–water partition coefficient (Wildman–Crippen LogP) is 4.07. The van der Waals surface area contributed by atoms with Crippen LogP contribution in [0.15, 0.2) is 29.1 Å². The lowest BCUT2D eigenvalue weighted by Crippen LogP contribution is -2.18. The van der Waals surface area contributed by atoms with Gasteiger partial charge in [0.05, 0.1) is 43.7 Å². The van der Waals surface area contributed by atoms with Crippen LogP contribution >= 0.6 is 0 Å². The van der Waals surface area contributed by atoms with Crippen LogP contribution in [0.25, 0.3) is 32.4 Å². The molecule has 4 aromatic rings. The molecule has 0 fully saturated rings. The van der Waals surface area contributed by atoms with Crippen LogP contribution in [0, 0.1) is 0 Å². The van der Waals surface area contributed by atoms with Crippen LogP contribution in [-0.4, -0.2) is 42.2 Å². The lowest BCUT2D eigenvalue weighted by atomic mass is 9.98. The first-order chi connectivity index (χ1) is 15.2. The zero-order chi connectivity index (χ0) is 23.3. The van der Waals surface area contributed by atoms with E-state index in [1.165, 1.54) is 25.9 Å². The molecule has 0 spiro atoms. The molecule has 0 unspecified atom stereocenters. The predicted molar refractivity (Wildman–Crippen MR) is 123 cm³/mol. The first-order valence-electron chi connectivity index (χ1n) is 10.0. The Hall–Kier alpha value is -3.81. The molecule has 32 heavy (non-hydrogen) atoms. The summed E-state index contributed by atoms with van der Waals surface area (Å²) >= 11 is 0. The molecule has 0 radical (unpaired) electrons. The molecular weight excluding hydrogens is 414 g/mol. The van der Waals surface area contributed by atoms with E-state index in [9.17, 15) is 15.0 Å². The van der Waals surface area contributed by atoms with Crippen LogP contribution in [-0.2, 0) is 7.05 Å². The van der Waals surface area contributed by atoms with Crippen molar-refractivity contribution in [3.05, 3.63) is 34.6 Å². The van der Waals surface area contributed by atoms with Gasteiger partial charge in [-0.2, -0.15) is 0 Å². The number of hydrogen-bond donors (Lipinski definition) is 2. The molecule has 0 atom stereocenters. The van der Waals surface area contributed by atoms with Crippen LogP contribution in [0.2, 0.25) is 0 Å². The van der Waals surface area contributed by atoms with E-state index in [1.807, 2.05) is 13.8 Å². The van der Waals surface area contributed by atoms with Crippen molar-refractivity contribution in [3.8, 4) is 34.5 Å². The molecule has 0 aliphatic rings. The van der Waals surface area contributed by atoms with Crippen LogP contribution in [0.4, 0.5) is 0 Å². The van der Waals surface area contributed by atoms with Crippen LogP contribution in [0.1, 0.15) is 13.8 Å². The Morgan fingerprint density at radius 2 is 1.25 bits per heavy atom. The Balaban J connectivity index is 2.27. The van der Waals surface area contributed by atoms with E-state index in [0.29, 0.717) is 55.4 Å².